The molecule has 4 heteroatoms. The fourth-order valence-corrected chi connectivity index (χ4v) is 0.863. The van der Waals surface area contributed by atoms with Gasteiger partial charge in [-0.15, -0.1) is 10.2 Å². The Balaban J connectivity index is 2.49. The van der Waals surface area contributed by atoms with Gasteiger partial charge in [-0.05, 0) is 0 Å². The summed E-state index contributed by atoms with van der Waals surface area (Å²) >= 11 is 0. The maximum Gasteiger partial charge on any atom is 0.230 e. The Morgan fingerprint density at radius 1 is 1.23 bits per heavy atom. The minimum atomic E-state index is 0.306. The summed E-state index contributed by atoms with van der Waals surface area (Å²) in [5, 5.41) is 11.1. The fraction of sp³-hybridized carbons (Fsp3) is 0.778. The lowest BCUT2D eigenvalue weighted by atomic mass is 10.2. The third-order valence-electron chi connectivity index (χ3n) is 1.64. The fourth-order valence-electron chi connectivity index (χ4n) is 0.863. The summed E-state index contributed by atoms with van der Waals surface area (Å²) in [5.74, 6) is 1.68. The molecular formula is C9H17N3O. The van der Waals surface area contributed by atoms with E-state index in [1.54, 1.807) is 0 Å². The molecule has 1 aromatic rings. The molecule has 4 nitrogen and oxygen atoms in total. The highest BCUT2D eigenvalue weighted by Crippen LogP contribution is 2.11. The van der Waals surface area contributed by atoms with Crippen molar-refractivity contribution in [2.24, 2.45) is 0 Å². The summed E-state index contributed by atoms with van der Waals surface area (Å²) in [7, 11) is 0. The Labute approximate surface area is 78.7 Å². The van der Waals surface area contributed by atoms with E-state index in [1.807, 2.05) is 13.8 Å². The first-order chi connectivity index (χ1) is 6.09. The zero-order valence-electron chi connectivity index (χ0n) is 8.66. The van der Waals surface area contributed by atoms with Crippen LogP contribution in [0.25, 0.3) is 0 Å². The predicted molar refractivity (Wildman–Crippen MR) is 50.4 cm³/mol. The Kier molecular flexibility index (Phi) is 3.42. The molecule has 1 heterocycles. The quantitative estimate of drug-likeness (QED) is 0.771. The number of hydrogen-bond donors (Lipinski definition) is 1. The van der Waals surface area contributed by atoms with E-state index in [1.165, 1.54) is 0 Å². The highest BCUT2D eigenvalue weighted by Gasteiger charge is 2.08. The van der Waals surface area contributed by atoms with Gasteiger partial charge >= 0.3 is 0 Å². The van der Waals surface area contributed by atoms with E-state index in [0.717, 1.165) is 0 Å². The molecule has 1 rings (SSSR count). The largest absolute Gasteiger partial charge is 0.424 e. The smallest absolute Gasteiger partial charge is 0.230 e. The van der Waals surface area contributed by atoms with E-state index in [9.17, 15) is 0 Å². The van der Waals surface area contributed by atoms with Crippen molar-refractivity contribution in [3.63, 3.8) is 0 Å². The van der Waals surface area contributed by atoms with E-state index < -0.39 is 0 Å². The molecule has 0 radical (unpaired) electrons. The van der Waals surface area contributed by atoms with Gasteiger partial charge < -0.3 is 9.73 Å². The number of aromatic nitrogens is 2. The molecule has 0 aromatic carbocycles. The molecule has 0 bridgehead atoms. The Morgan fingerprint density at radius 3 is 2.38 bits per heavy atom. The predicted octanol–water partition coefficient (Wildman–Crippen LogP) is 1.69. The first-order valence-corrected chi connectivity index (χ1v) is 4.65. The van der Waals surface area contributed by atoms with Crippen LogP contribution in [0.1, 0.15) is 45.4 Å². The van der Waals surface area contributed by atoms with Gasteiger partial charge in [0.2, 0.25) is 11.8 Å². The van der Waals surface area contributed by atoms with Gasteiger partial charge in [0.1, 0.15) is 0 Å². The average Bonchev–Trinajstić information content (AvgIpc) is 2.48. The molecule has 74 valence electrons. The van der Waals surface area contributed by atoms with Gasteiger partial charge in [-0.1, -0.05) is 27.7 Å². The van der Waals surface area contributed by atoms with Gasteiger partial charge in [-0.2, -0.15) is 0 Å². The average molecular weight is 183 g/mol. The van der Waals surface area contributed by atoms with Crippen LogP contribution in [0, 0.1) is 0 Å². The zero-order chi connectivity index (χ0) is 9.84. The van der Waals surface area contributed by atoms with Crippen LogP contribution in [-0.4, -0.2) is 16.2 Å². The third-order valence-corrected chi connectivity index (χ3v) is 1.64. The number of nitrogens with one attached hydrogen (secondary N) is 1. The third kappa shape index (κ3) is 3.14. The molecular weight excluding hydrogens is 166 g/mol. The van der Waals surface area contributed by atoms with E-state index in [0.29, 0.717) is 30.3 Å². The minimum absolute atomic E-state index is 0.306. The van der Waals surface area contributed by atoms with E-state index in [-0.39, 0.29) is 0 Å². The Bertz CT molecular complexity index is 255. The molecule has 0 spiro atoms. The number of hydrogen-bond acceptors (Lipinski definition) is 4. The topological polar surface area (TPSA) is 51.0 Å². The van der Waals surface area contributed by atoms with Gasteiger partial charge in [-0.25, -0.2) is 0 Å². The number of rotatable bonds is 4. The molecule has 0 aliphatic heterocycles. The van der Waals surface area contributed by atoms with Crippen LogP contribution in [0.5, 0.6) is 0 Å². The van der Waals surface area contributed by atoms with Crippen molar-refractivity contribution in [3.8, 4) is 0 Å². The van der Waals surface area contributed by atoms with Crippen LogP contribution in [0.4, 0.5) is 0 Å². The summed E-state index contributed by atoms with van der Waals surface area (Å²) in [6.45, 7) is 8.89. The first kappa shape index (κ1) is 10.2. The lowest BCUT2D eigenvalue weighted by Gasteiger charge is -2.03. The van der Waals surface area contributed by atoms with Crippen molar-refractivity contribution >= 4 is 0 Å². The van der Waals surface area contributed by atoms with Crippen LogP contribution >= 0.6 is 0 Å². The Hall–Kier alpha value is -0.900. The van der Waals surface area contributed by atoms with Crippen molar-refractivity contribution in [1.29, 1.82) is 0 Å². The summed E-state index contributed by atoms with van der Waals surface area (Å²) in [4.78, 5) is 0. The molecule has 1 N–H and O–H groups in total. The first-order valence-electron chi connectivity index (χ1n) is 4.65. The standard InChI is InChI=1S/C9H17N3O/c1-6(2)9-12-11-8(13-9)5-10-7(3)4/h6-7,10H,5H2,1-4H3. The second-order valence-electron chi connectivity index (χ2n) is 3.72. The highest BCUT2D eigenvalue weighted by molar-refractivity contribution is 4.86. The van der Waals surface area contributed by atoms with Gasteiger partial charge in [0.15, 0.2) is 0 Å². The molecule has 1 aromatic heterocycles. The Morgan fingerprint density at radius 2 is 1.92 bits per heavy atom. The summed E-state index contributed by atoms with van der Waals surface area (Å²) in [6.07, 6.45) is 0. The van der Waals surface area contributed by atoms with Crippen LogP contribution < -0.4 is 5.32 Å². The van der Waals surface area contributed by atoms with E-state index in [4.69, 9.17) is 4.42 Å². The van der Waals surface area contributed by atoms with Gasteiger partial charge in [0, 0.05) is 12.0 Å². The number of nitrogens with zero attached hydrogens (tertiary/aromatic N) is 2. The summed E-state index contributed by atoms with van der Waals surface area (Å²) in [6, 6.07) is 0.439. The molecule has 0 atom stereocenters. The van der Waals surface area contributed by atoms with Crippen LogP contribution in [0.15, 0.2) is 4.42 Å². The van der Waals surface area contributed by atoms with Crippen molar-refractivity contribution in [2.75, 3.05) is 0 Å². The normalized spacial score (nSPS) is 11.5. The molecule has 0 aliphatic rings. The van der Waals surface area contributed by atoms with Gasteiger partial charge in [0.05, 0.1) is 6.54 Å². The van der Waals surface area contributed by atoms with Crippen LogP contribution in [0.2, 0.25) is 0 Å². The van der Waals surface area contributed by atoms with Crippen molar-refractivity contribution in [3.05, 3.63) is 11.8 Å². The summed E-state index contributed by atoms with van der Waals surface area (Å²) < 4.78 is 5.41. The molecule has 0 aliphatic carbocycles. The van der Waals surface area contributed by atoms with Gasteiger partial charge in [0.25, 0.3) is 0 Å². The minimum Gasteiger partial charge on any atom is -0.424 e. The monoisotopic (exact) mass is 183 g/mol. The molecule has 0 saturated carbocycles. The lowest BCUT2D eigenvalue weighted by Crippen LogP contribution is -2.21. The second-order valence-corrected chi connectivity index (χ2v) is 3.72. The van der Waals surface area contributed by atoms with Crippen LogP contribution in [0.3, 0.4) is 0 Å². The lowest BCUT2D eigenvalue weighted by molar-refractivity contribution is 0.409. The summed E-state index contributed by atoms with van der Waals surface area (Å²) in [5.41, 5.74) is 0. The molecule has 0 unspecified atom stereocenters. The molecule has 0 saturated heterocycles. The van der Waals surface area contributed by atoms with E-state index >= 15 is 0 Å². The van der Waals surface area contributed by atoms with Crippen LogP contribution in [-0.2, 0) is 6.54 Å². The maximum absolute atomic E-state index is 5.41. The van der Waals surface area contributed by atoms with Gasteiger partial charge in [-0.3, -0.25) is 0 Å². The van der Waals surface area contributed by atoms with E-state index in [2.05, 4.69) is 29.4 Å². The zero-order valence-corrected chi connectivity index (χ0v) is 8.66. The van der Waals surface area contributed by atoms with Crippen molar-refractivity contribution in [1.82, 2.24) is 15.5 Å². The maximum atomic E-state index is 5.41. The second kappa shape index (κ2) is 4.37. The van der Waals surface area contributed by atoms with Crippen molar-refractivity contribution < 1.29 is 4.42 Å². The molecule has 13 heavy (non-hydrogen) atoms. The highest BCUT2D eigenvalue weighted by atomic mass is 16.4. The molecule has 0 amide bonds. The SMILES string of the molecule is CC(C)NCc1nnc(C(C)C)o1. The van der Waals surface area contributed by atoms with Crippen molar-refractivity contribution in [2.45, 2.75) is 46.2 Å². The molecule has 0 fully saturated rings.